The van der Waals surface area contributed by atoms with E-state index in [0.29, 0.717) is 6.08 Å². The Hall–Kier alpha value is -2.33. The van der Waals surface area contributed by atoms with Crippen LogP contribution in [0, 0.1) is 13.8 Å². The van der Waals surface area contributed by atoms with Crippen LogP contribution in [0.15, 0.2) is 30.9 Å². The lowest BCUT2D eigenvalue weighted by atomic mass is 9.75. The predicted octanol–water partition coefficient (Wildman–Crippen LogP) is 0.920. The van der Waals surface area contributed by atoms with E-state index in [-0.39, 0.29) is 11.3 Å². The fourth-order valence-corrected chi connectivity index (χ4v) is 2.53. The Bertz CT molecular complexity index is 695. The number of carbonyl (C=O) groups excluding carboxylic acids is 2. The van der Waals surface area contributed by atoms with E-state index < -0.39 is 44.1 Å². The van der Waals surface area contributed by atoms with Crippen LogP contribution in [0.2, 0.25) is 0 Å². The fourth-order valence-electron chi connectivity index (χ4n) is 2.53. The first-order valence-corrected chi connectivity index (χ1v) is 8.12. The Morgan fingerprint density at radius 2 is 1.96 bits per heavy atom. The van der Waals surface area contributed by atoms with Crippen molar-refractivity contribution >= 4 is 18.9 Å². The van der Waals surface area contributed by atoms with E-state index in [4.69, 9.17) is 0 Å². The van der Waals surface area contributed by atoms with Crippen molar-refractivity contribution in [3.63, 3.8) is 0 Å². The number of alkyl halides is 3. The van der Waals surface area contributed by atoms with Crippen molar-refractivity contribution in [2.45, 2.75) is 32.4 Å². The van der Waals surface area contributed by atoms with Crippen molar-refractivity contribution < 1.29 is 32.8 Å². The van der Waals surface area contributed by atoms with Gasteiger partial charge in [0.1, 0.15) is 13.1 Å². The maximum Gasteiger partial charge on any atom is 0.475 e. The molecule has 0 aromatic heterocycles. The standard InChI is InChI=1S/C17H22BF3N2O4/c1-4-16(25)23(10-17(19,20)21)9-15(24)22-14(18(26)27)8-13-6-5-11(2)7-12(13)3/h4-7,14,26-27H,1,8-10H2,2-3H3,(H,22,24)/t14-/m0/s1. The van der Waals surface area contributed by atoms with E-state index in [2.05, 4.69) is 11.9 Å². The van der Waals surface area contributed by atoms with Crippen LogP contribution in [0.25, 0.3) is 0 Å². The average Bonchev–Trinajstić information content (AvgIpc) is 2.53. The summed E-state index contributed by atoms with van der Waals surface area (Å²) in [4.78, 5) is 23.9. The molecule has 0 saturated carbocycles. The summed E-state index contributed by atoms with van der Waals surface area (Å²) in [6.07, 6.45) is -3.95. The van der Waals surface area contributed by atoms with Crippen LogP contribution in [-0.2, 0) is 16.0 Å². The van der Waals surface area contributed by atoms with Gasteiger partial charge in [-0.25, -0.2) is 0 Å². The Morgan fingerprint density at radius 3 is 2.44 bits per heavy atom. The number of nitrogens with one attached hydrogen (secondary N) is 1. The number of benzene rings is 1. The summed E-state index contributed by atoms with van der Waals surface area (Å²) in [5, 5.41) is 21.3. The van der Waals surface area contributed by atoms with E-state index in [1.165, 1.54) is 0 Å². The van der Waals surface area contributed by atoms with Crippen LogP contribution in [0.1, 0.15) is 16.7 Å². The fraction of sp³-hybridized carbons (Fsp3) is 0.412. The lowest BCUT2D eigenvalue weighted by Crippen LogP contribution is -2.52. The molecule has 0 aliphatic carbocycles. The highest BCUT2D eigenvalue weighted by Crippen LogP contribution is 2.17. The second-order valence-corrected chi connectivity index (χ2v) is 6.24. The van der Waals surface area contributed by atoms with Gasteiger partial charge in [0.05, 0.1) is 5.94 Å². The van der Waals surface area contributed by atoms with Gasteiger partial charge >= 0.3 is 13.3 Å². The van der Waals surface area contributed by atoms with Crippen molar-refractivity contribution in [3.05, 3.63) is 47.5 Å². The van der Waals surface area contributed by atoms with Gasteiger partial charge in [0, 0.05) is 0 Å². The normalized spacial score (nSPS) is 12.3. The first-order chi connectivity index (χ1) is 12.4. The van der Waals surface area contributed by atoms with Crippen molar-refractivity contribution in [1.82, 2.24) is 10.2 Å². The van der Waals surface area contributed by atoms with Gasteiger partial charge in [-0.2, -0.15) is 13.2 Å². The summed E-state index contributed by atoms with van der Waals surface area (Å²) >= 11 is 0. The van der Waals surface area contributed by atoms with E-state index >= 15 is 0 Å². The zero-order valence-corrected chi connectivity index (χ0v) is 15.1. The molecule has 0 saturated heterocycles. The summed E-state index contributed by atoms with van der Waals surface area (Å²) in [5.41, 5.74) is 2.62. The number of amides is 2. The number of rotatable bonds is 8. The molecule has 1 aromatic rings. The average molecular weight is 386 g/mol. The molecule has 0 unspecified atom stereocenters. The van der Waals surface area contributed by atoms with Crippen LogP contribution in [0.5, 0.6) is 0 Å². The molecule has 0 aliphatic rings. The quantitative estimate of drug-likeness (QED) is 0.458. The first kappa shape index (κ1) is 22.7. The van der Waals surface area contributed by atoms with Crippen molar-refractivity contribution in [2.75, 3.05) is 13.1 Å². The van der Waals surface area contributed by atoms with Gasteiger partial charge in [0.2, 0.25) is 11.8 Å². The number of aryl methyl sites for hydroxylation is 2. The maximum absolute atomic E-state index is 12.6. The SMILES string of the molecule is C=CC(=O)N(CC(=O)N[C@@H](Cc1ccc(C)cc1C)B(O)O)CC(F)(F)F. The zero-order chi connectivity index (χ0) is 20.8. The highest BCUT2D eigenvalue weighted by Gasteiger charge is 2.34. The number of hydrogen-bond donors (Lipinski definition) is 3. The third-order valence-corrected chi connectivity index (χ3v) is 3.84. The van der Waals surface area contributed by atoms with Crippen molar-refractivity contribution in [3.8, 4) is 0 Å². The largest absolute Gasteiger partial charge is 0.475 e. The maximum atomic E-state index is 12.6. The molecule has 6 nitrogen and oxygen atoms in total. The van der Waals surface area contributed by atoms with Crippen molar-refractivity contribution in [1.29, 1.82) is 0 Å². The third-order valence-electron chi connectivity index (χ3n) is 3.84. The second kappa shape index (κ2) is 9.56. The van der Waals surface area contributed by atoms with Gasteiger partial charge in [-0.05, 0) is 37.5 Å². The molecular weight excluding hydrogens is 364 g/mol. The molecule has 10 heteroatoms. The molecule has 2 amide bonds. The summed E-state index contributed by atoms with van der Waals surface area (Å²) in [7, 11) is -1.93. The molecule has 1 atom stereocenters. The zero-order valence-electron chi connectivity index (χ0n) is 15.1. The van der Waals surface area contributed by atoms with E-state index in [9.17, 15) is 32.8 Å². The number of carbonyl (C=O) groups is 2. The number of hydrogen-bond acceptors (Lipinski definition) is 4. The van der Waals surface area contributed by atoms with Crippen LogP contribution in [0.3, 0.4) is 0 Å². The molecule has 0 heterocycles. The van der Waals surface area contributed by atoms with Crippen LogP contribution in [0.4, 0.5) is 13.2 Å². The van der Waals surface area contributed by atoms with Crippen molar-refractivity contribution in [2.24, 2.45) is 0 Å². The van der Waals surface area contributed by atoms with Gasteiger partial charge in [-0.1, -0.05) is 30.3 Å². The summed E-state index contributed by atoms with van der Waals surface area (Å²) in [6.45, 7) is 4.32. The molecule has 0 fully saturated rings. The first-order valence-electron chi connectivity index (χ1n) is 8.12. The number of nitrogens with zero attached hydrogens (tertiary/aromatic N) is 1. The highest BCUT2D eigenvalue weighted by molar-refractivity contribution is 6.43. The molecule has 0 bridgehead atoms. The van der Waals surface area contributed by atoms with Gasteiger partial charge in [-0.15, -0.1) is 0 Å². The Labute approximate surface area is 155 Å². The molecule has 1 aromatic carbocycles. The van der Waals surface area contributed by atoms with Gasteiger partial charge in [-0.3, -0.25) is 9.59 Å². The Kier molecular flexibility index (Phi) is 8.05. The molecule has 27 heavy (non-hydrogen) atoms. The van der Waals surface area contributed by atoms with E-state index in [1.807, 2.05) is 26.0 Å². The van der Waals surface area contributed by atoms with Gasteiger partial charge in [0.25, 0.3) is 0 Å². The van der Waals surface area contributed by atoms with Gasteiger partial charge < -0.3 is 20.3 Å². The summed E-state index contributed by atoms with van der Waals surface area (Å²) in [5.74, 6) is -3.15. The minimum Gasteiger partial charge on any atom is -0.426 e. The second-order valence-electron chi connectivity index (χ2n) is 6.24. The highest BCUT2D eigenvalue weighted by atomic mass is 19.4. The Morgan fingerprint density at radius 1 is 1.33 bits per heavy atom. The summed E-state index contributed by atoms with van der Waals surface area (Å²) < 4.78 is 37.7. The number of halogens is 3. The topological polar surface area (TPSA) is 89.9 Å². The van der Waals surface area contributed by atoms with E-state index in [0.717, 1.165) is 16.7 Å². The molecule has 0 aliphatic heterocycles. The molecule has 0 radical (unpaired) electrons. The van der Waals surface area contributed by atoms with Crippen LogP contribution >= 0.6 is 0 Å². The third kappa shape index (κ3) is 7.84. The molecule has 0 spiro atoms. The molecule has 148 valence electrons. The van der Waals surface area contributed by atoms with Gasteiger partial charge in [0.15, 0.2) is 0 Å². The monoisotopic (exact) mass is 386 g/mol. The molecule has 1 rings (SSSR count). The lowest BCUT2D eigenvalue weighted by Gasteiger charge is -2.24. The molecule has 3 N–H and O–H groups in total. The van der Waals surface area contributed by atoms with E-state index in [1.54, 1.807) is 6.07 Å². The van der Waals surface area contributed by atoms with Crippen LogP contribution < -0.4 is 5.32 Å². The minimum absolute atomic E-state index is 0.0597. The minimum atomic E-state index is -4.69. The molecular formula is C17H22BF3N2O4. The van der Waals surface area contributed by atoms with Crippen LogP contribution in [-0.4, -0.2) is 59.1 Å². The smallest absolute Gasteiger partial charge is 0.426 e. The predicted molar refractivity (Wildman–Crippen MR) is 94.6 cm³/mol. The summed E-state index contributed by atoms with van der Waals surface area (Å²) in [6, 6.07) is 5.47. The lowest BCUT2D eigenvalue weighted by molar-refractivity contribution is -0.160. The Balaban J connectivity index is 2.84.